The molecule has 0 saturated carbocycles. The van der Waals surface area contributed by atoms with Gasteiger partial charge in [-0.3, -0.25) is 4.79 Å². The van der Waals surface area contributed by atoms with Crippen molar-refractivity contribution in [3.8, 4) is 0 Å². The Labute approximate surface area is 158 Å². The summed E-state index contributed by atoms with van der Waals surface area (Å²) >= 11 is 0. The molecule has 0 spiro atoms. The molecule has 1 aromatic carbocycles. The van der Waals surface area contributed by atoms with E-state index in [9.17, 15) is 9.59 Å². The number of hydrogen-bond donors (Lipinski definition) is 0. The summed E-state index contributed by atoms with van der Waals surface area (Å²) in [6.07, 6.45) is 4.71. The van der Waals surface area contributed by atoms with E-state index in [1.165, 1.54) is 5.56 Å². The predicted octanol–water partition coefficient (Wildman–Crippen LogP) is 2.42. The first-order chi connectivity index (χ1) is 13.2. The van der Waals surface area contributed by atoms with Gasteiger partial charge in [0.2, 0.25) is 0 Å². The Hall–Kier alpha value is -2.89. The van der Waals surface area contributed by atoms with Crippen molar-refractivity contribution in [2.24, 2.45) is 0 Å². The molecule has 1 fully saturated rings. The topological polar surface area (TPSA) is 62.7 Å². The van der Waals surface area contributed by atoms with Crippen LogP contribution in [0, 0.1) is 0 Å². The summed E-state index contributed by atoms with van der Waals surface area (Å²) in [6, 6.07) is 11.6. The SMILES string of the molecule is O=C(OCC(=O)N1CCc2ccccc2C1)c1cccnc1N1CCCC1. The zero-order chi connectivity index (χ0) is 18.6. The minimum Gasteiger partial charge on any atom is -0.452 e. The molecule has 1 amide bonds. The molecule has 6 heteroatoms. The van der Waals surface area contributed by atoms with Gasteiger partial charge in [-0.1, -0.05) is 24.3 Å². The van der Waals surface area contributed by atoms with Gasteiger partial charge < -0.3 is 14.5 Å². The largest absolute Gasteiger partial charge is 0.452 e. The lowest BCUT2D eigenvalue weighted by Crippen LogP contribution is -2.38. The van der Waals surface area contributed by atoms with Crippen molar-refractivity contribution in [3.63, 3.8) is 0 Å². The first-order valence-corrected chi connectivity index (χ1v) is 9.44. The maximum absolute atomic E-state index is 12.5. The number of carbonyl (C=O) groups is 2. The smallest absolute Gasteiger partial charge is 0.342 e. The molecule has 0 N–H and O–H groups in total. The van der Waals surface area contributed by atoms with Crippen LogP contribution >= 0.6 is 0 Å². The summed E-state index contributed by atoms with van der Waals surface area (Å²) in [7, 11) is 0. The van der Waals surface area contributed by atoms with Crippen LogP contribution in [0.2, 0.25) is 0 Å². The Morgan fingerprint density at radius 1 is 1.00 bits per heavy atom. The Kier molecular flexibility index (Phi) is 5.05. The van der Waals surface area contributed by atoms with Crippen molar-refractivity contribution in [1.82, 2.24) is 9.88 Å². The molecule has 4 rings (SSSR count). The zero-order valence-electron chi connectivity index (χ0n) is 15.3. The number of amides is 1. The van der Waals surface area contributed by atoms with E-state index in [1.807, 2.05) is 18.2 Å². The van der Waals surface area contributed by atoms with Crippen molar-refractivity contribution in [2.45, 2.75) is 25.8 Å². The number of benzene rings is 1. The first kappa shape index (κ1) is 17.5. The molecular weight excluding hydrogens is 342 g/mol. The fraction of sp³-hybridized carbons (Fsp3) is 0.381. The van der Waals surface area contributed by atoms with Gasteiger partial charge in [-0.25, -0.2) is 9.78 Å². The van der Waals surface area contributed by atoms with Crippen LogP contribution in [0.1, 0.15) is 34.3 Å². The quantitative estimate of drug-likeness (QED) is 0.779. The fourth-order valence-electron chi connectivity index (χ4n) is 3.74. The lowest BCUT2D eigenvalue weighted by Gasteiger charge is -2.28. The zero-order valence-corrected chi connectivity index (χ0v) is 15.3. The van der Waals surface area contributed by atoms with Gasteiger partial charge in [-0.2, -0.15) is 0 Å². The van der Waals surface area contributed by atoms with E-state index in [-0.39, 0.29) is 12.5 Å². The Morgan fingerprint density at radius 3 is 2.59 bits per heavy atom. The average Bonchev–Trinajstić information content (AvgIpc) is 3.26. The molecule has 0 radical (unpaired) electrons. The molecule has 140 valence electrons. The summed E-state index contributed by atoms with van der Waals surface area (Å²) in [4.78, 5) is 33.3. The van der Waals surface area contributed by atoms with Crippen LogP contribution in [-0.4, -0.2) is 48.0 Å². The number of ether oxygens (including phenoxy) is 1. The first-order valence-electron chi connectivity index (χ1n) is 9.44. The second kappa shape index (κ2) is 7.78. The van der Waals surface area contributed by atoms with Gasteiger partial charge in [0.05, 0.1) is 0 Å². The number of aromatic nitrogens is 1. The minimum atomic E-state index is -0.490. The summed E-state index contributed by atoms with van der Waals surface area (Å²) in [6.45, 7) is 2.76. The van der Waals surface area contributed by atoms with Gasteiger partial charge in [-0.05, 0) is 42.5 Å². The molecule has 1 saturated heterocycles. The molecule has 27 heavy (non-hydrogen) atoms. The van der Waals surface area contributed by atoms with E-state index in [2.05, 4.69) is 16.0 Å². The maximum atomic E-state index is 12.5. The molecule has 6 nitrogen and oxygen atoms in total. The standard InChI is InChI=1S/C21H23N3O3/c25-19(24-13-9-16-6-1-2-7-17(16)14-24)15-27-21(26)18-8-5-10-22-20(18)23-11-3-4-12-23/h1-2,5-8,10H,3-4,9,11-15H2. The average molecular weight is 365 g/mol. The van der Waals surface area contributed by atoms with Crippen molar-refractivity contribution in [3.05, 3.63) is 59.3 Å². The van der Waals surface area contributed by atoms with E-state index in [4.69, 9.17) is 4.74 Å². The minimum absolute atomic E-state index is 0.163. The van der Waals surface area contributed by atoms with Crippen LogP contribution < -0.4 is 4.90 Å². The fourth-order valence-corrected chi connectivity index (χ4v) is 3.74. The second-order valence-electron chi connectivity index (χ2n) is 6.98. The van der Waals surface area contributed by atoms with Gasteiger partial charge in [-0.15, -0.1) is 0 Å². The van der Waals surface area contributed by atoms with E-state index in [0.29, 0.717) is 24.5 Å². The number of rotatable bonds is 4. The van der Waals surface area contributed by atoms with E-state index < -0.39 is 5.97 Å². The van der Waals surface area contributed by atoms with Crippen LogP contribution in [0.5, 0.6) is 0 Å². The summed E-state index contributed by atoms with van der Waals surface area (Å²) in [5.74, 6) is -0.000394. The number of nitrogens with zero attached hydrogens (tertiary/aromatic N) is 3. The highest BCUT2D eigenvalue weighted by Crippen LogP contribution is 2.23. The van der Waals surface area contributed by atoms with Gasteiger partial charge in [0.25, 0.3) is 5.91 Å². The van der Waals surface area contributed by atoms with Crippen LogP contribution in [0.4, 0.5) is 5.82 Å². The second-order valence-corrected chi connectivity index (χ2v) is 6.98. The lowest BCUT2D eigenvalue weighted by atomic mass is 10.00. The highest BCUT2D eigenvalue weighted by molar-refractivity contribution is 5.96. The third-order valence-electron chi connectivity index (χ3n) is 5.22. The number of esters is 1. The van der Waals surface area contributed by atoms with Crippen molar-refractivity contribution >= 4 is 17.7 Å². The van der Waals surface area contributed by atoms with Crippen LogP contribution in [0.3, 0.4) is 0 Å². The maximum Gasteiger partial charge on any atom is 0.342 e. The molecule has 3 heterocycles. The number of fused-ring (bicyclic) bond motifs is 1. The van der Waals surface area contributed by atoms with Gasteiger partial charge in [0, 0.05) is 32.4 Å². The normalized spacial score (nSPS) is 16.1. The van der Waals surface area contributed by atoms with Crippen molar-refractivity contribution in [1.29, 1.82) is 0 Å². The Balaban J connectivity index is 1.38. The van der Waals surface area contributed by atoms with Gasteiger partial charge >= 0.3 is 5.97 Å². The number of carbonyl (C=O) groups excluding carboxylic acids is 2. The molecule has 0 aliphatic carbocycles. The third-order valence-corrected chi connectivity index (χ3v) is 5.22. The summed E-state index contributed by atoms with van der Waals surface area (Å²) in [5.41, 5.74) is 2.87. The predicted molar refractivity (Wildman–Crippen MR) is 102 cm³/mol. The van der Waals surface area contributed by atoms with E-state index >= 15 is 0 Å². The molecule has 2 aliphatic rings. The molecule has 2 aliphatic heterocycles. The summed E-state index contributed by atoms with van der Waals surface area (Å²) < 4.78 is 5.33. The van der Waals surface area contributed by atoms with Crippen molar-refractivity contribution < 1.29 is 14.3 Å². The van der Waals surface area contributed by atoms with Crippen LogP contribution in [0.15, 0.2) is 42.6 Å². The molecule has 2 aromatic rings. The molecule has 0 unspecified atom stereocenters. The molecule has 0 atom stereocenters. The monoisotopic (exact) mass is 365 g/mol. The van der Waals surface area contributed by atoms with Crippen molar-refractivity contribution in [2.75, 3.05) is 31.1 Å². The Bertz CT molecular complexity index is 846. The van der Waals surface area contributed by atoms with Gasteiger partial charge in [0.1, 0.15) is 11.4 Å². The van der Waals surface area contributed by atoms with E-state index in [1.54, 1.807) is 23.2 Å². The van der Waals surface area contributed by atoms with Crippen LogP contribution in [-0.2, 0) is 22.5 Å². The molecule has 0 bridgehead atoms. The van der Waals surface area contributed by atoms with Crippen LogP contribution in [0.25, 0.3) is 0 Å². The number of hydrogen-bond acceptors (Lipinski definition) is 5. The third kappa shape index (κ3) is 3.79. The number of anilines is 1. The Morgan fingerprint density at radius 2 is 1.78 bits per heavy atom. The number of pyridine rings is 1. The highest BCUT2D eigenvalue weighted by Gasteiger charge is 2.24. The molecular formula is C21H23N3O3. The highest BCUT2D eigenvalue weighted by atomic mass is 16.5. The van der Waals surface area contributed by atoms with Gasteiger partial charge in [0.15, 0.2) is 6.61 Å². The summed E-state index contributed by atoms with van der Waals surface area (Å²) in [5, 5.41) is 0. The lowest BCUT2D eigenvalue weighted by molar-refractivity contribution is -0.135. The van der Waals surface area contributed by atoms with E-state index in [0.717, 1.165) is 37.9 Å². The molecule has 1 aromatic heterocycles.